The number of amides is 2. The van der Waals surface area contributed by atoms with Crippen LogP contribution in [0.4, 0.5) is 0 Å². The Morgan fingerprint density at radius 3 is 0.875 bits per heavy atom. The van der Waals surface area contributed by atoms with Gasteiger partial charge in [-0.05, 0) is 79.1 Å². The van der Waals surface area contributed by atoms with E-state index in [1.807, 2.05) is 0 Å². The van der Waals surface area contributed by atoms with Gasteiger partial charge >= 0.3 is 0 Å². The molecule has 188 valence electrons. The molecule has 0 heterocycles. The summed E-state index contributed by atoms with van der Waals surface area (Å²) < 4.78 is 0. The van der Waals surface area contributed by atoms with Gasteiger partial charge in [-0.2, -0.15) is 20.5 Å². The minimum absolute atomic E-state index is 0.0760. The summed E-state index contributed by atoms with van der Waals surface area (Å²) in [5, 5.41) is 16.6. The van der Waals surface area contributed by atoms with Crippen molar-refractivity contribution in [3.05, 3.63) is 0 Å². The maximum absolute atomic E-state index is 10.9. The fraction of sp³-hybridized carbons (Fsp3) is 0.917. The number of hydrogen-bond acceptors (Lipinski definition) is 6. The SMILES string of the molecule is CC(C)(C)CC(C)(C)N=NC(C)(C)CC(C)(C)C.CC(C)(N=NC(C)(C)C(N)=O)C(N)=O. The Morgan fingerprint density at radius 1 is 0.500 bits per heavy atom. The first-order valence-electron chi connectivity index (χ1n) is 11.2. The Labute approximate surface area is 196 Å². The molecule has 8 nitrogen and oxygen atoms in total. The van der Waals surface area contributed by atoms with E-state index >= 15 is 0 Å². The van der Waals surface area contributed by atoms with Crippen molar-refractivity contribution < 1.29 is 9.59 Å². The number of azo groups is 2. The first kappa shape index (κ1) is 32.3. The molecule has 32 heavy (non-hydrogen) atoms. The summed E-state index contributed by atoms with van der Waals surface area (Å²) in [6.07, 6.45) is 2.10. The molecule has 0 aromatic carbocycles. The highest BCUT2D eigenvalue weighted by Crippen LogP contribution is 2.33. The Bertz CT molecular complexity index is 632. The van der Waals surface area contributed by atoms with E-state index in [9.17, 15) is 9.59 Å². The summed E-state index contributed by atoms with van der Waals surface area (Å²) in [4.78, 5) is 21.7. The first-order chi connectivity index (χ1) is 13.7. The molecular weight excluding hydrogens is 404 g/mol. The number of carbonyl (C=O) groups excluding carboxylic acids is 2. The summed E-state index contributed by atoms with van der Waals surface area (Å²) >= 11 is 0. The number of nitrogens with zero attached hydrogens (tertiary/aromatic N) is 4. The lowest BCUT2D eigenvalue weighted by Crippen LogP contribution is -2.39. The molecule has 2 amide bonds. The summed E-state index contributed by atoms with van der Waals surface area (Å²) in [7, 11) is 0. The molecule has 0 aliphatic rings. The van der Waals surface area contributed by atoms with Gasteiger partial charge in [0, 0.05) is 0 Å². The maximum atomic E-state index is 10.9. The smallest absolute Gasteiger partial charge is 0.246 e. The lowest BCUT2D eigenvalue weighted by Gasteiger charge is -2.31. The van der Waals surface area contributed by atoms with Gasteiger partial charge in [0.05, 0.1) is 11.1 Å². The van der Waals surface area contributed by atoms with Crippen LogP contribution in [0.2, 0.25) is 0 Å². The van der Waals surface area contributed by atoms with Gasteiger partial charge < -0.3 is 11.5 Å². The molecule has 0 radical (unpaired) electrons. The second-order valence-electron chi connectivity index (χ2n) is 13.3. The van der Waals surface area contributed by atoms with Crippen molar-refractivity contribution in [2.45, 2.75) is 132 Å². The van der Waals surface area contributed by atoms with Crippen molar-refractivity contribution >= 4 is 11.8 Å². The largest absolute Gasteiger partial charge is 0.368 e. The van der Waals surface area contributed by atoms with Crippen LogP contribution in [0.3, 0.4) is 0 Å². The van der Waals surface area contributed by atoms with E-state index in [0.717, 1.165) is 12.8 Å². The fourth-order valence-electron chi connectivity index (χ4n) is 3.29. The quantitative estimate of drug-likeness (QED) is 0.446. The summed E-state index contributed by atoms with van der Waals surface area (Å²) in [5.41, 5.74) is 8.32. The molecule has 0 bridgehead atoms. The van der Waals surface area contributed by atoms with Crippen molar-refractivity contribution in [2.75, 3.05) is 0 Å². The van der Waals surface area contributed by atoms with E-state index in [-0.39, 0.29) is 21.9 Å². The predicted molar refractivity (Wildman–Crippen MR) is 133 cm³/mol. The highest BCUT2D eigenvalue weighted by molar-refractivity contribution is 5.84. The normalized spacial score (nSPS) is 14.4. The van der Waals surface area contributed by atoms with Crippen LogP contribution in [0.5, 0.6) is 0 Å². The Kier molecular flexibility index (Phi) is 10.9. The van der Waals surface area contributed by atoms with Crippen LogP contribution in [0.15, 0.2) is 20.5 Å². The van der Waals surface area contributed by atoms with E-state index in [1.165, 1.54) is 27.7 Å². The summed E-state index contributed by atoms with van der Waals surface area (Å²) in [5.74, 6) is -1.22. The molecular formula is C24H50N6O2. The zero-order valence-electron chi connectivity index (χ0n) is 23.2. The number of primary amides is 2. The second-order valence-corrected chi connectivity index (χ2v) is 13.3. The van der Waals surface area contributed by atoms with E-state index in [1.54, 1.807) is 0 Å². The lowest BCUT2D eigenvalue weighted by atomic mass is 9.81. The molecule has 0 spiro atoms. The van der Waals surface area contributed by atoms with Crippen molar-refractivity contribution in [1.82, 2.24) is 0 Å². The van der Waals surface area contributed by atoms with E-state index < -0.39 is 22.9 Å². The van der Waals surface area contributed by atoms with Gasteiger partial charge in [0.1, 0.15) is 0 Å². The lowest BCUT2D eigenvalue weighted by molar-refractivity contribution is -0.124. The Morgan fingerprint density at radius 2 is 0.719 bits per heavy atom. The van der Waals surface area contributed by atoms with Crippen LogP contribution in [0, 0.1) is 10.8 Å². The molecule has 0 aromatic rings. The van der Waals surface area contributed by atoms with Gasteiger partial charge in [-0.15, -0.1) is 0 Å². The van der Waals surface area contributed by atoms with Crippen molar-refractivity contribution in [3.8, 4) is 0 Å². The first-order valence-corrected chi connectivity index (χ1v) is 11.2. The van der Waals surface area contributed by atoms with Crippen LogP contribution in [-0.2, 0) is 9.59 Å². The number of carbonyl (C=O) groups is 2. The second kappa shape index (κ2) is 10.8. The molecule has 0 aliphatic heterocycles. The zero-order valence-corrected chi connectivity index (χ0v) is 23.2. The minimum atomic E-state index is -1.12. The van der Waals surface area contributed by atoms with Gasteiger partial charge in [-0.1, -0.05) is 41.5 Å². The number of hydrogen-bond donors (Lipinski definition) is 2. The van der Waals surface area contributed by atoms with Crippen molar-refractivity contribution in [2.24, 2.45) is 42.8 Å². The molecule has 0 aromatic heterocycles. The molecule has 0 aliphatic carbocycles. The standard InChI is InChI=1S/C16H34N2.C8H16N4O2/c1-13(2,3)11-15(7,8)17-18-16(9,10)12-14(4,5)6;1-7(2,5(9)13)11-12-8(3,4)6(10)14/h11-12H2,1-10H3;1-4H3,(H2,9,13)(H2,10,14). The highest BCUT2D eigenvalue weighted by Gasteiger charge is 2.30. The third kappa shape index (κ3) is 15.9. The third-order valence-electron chi connectivity index (χ3n) is 4.27. The zero-order chi connectivity index (χ0) is 26.4. The minimum Gasteiger partial charge on any atom is -0.368 e. The molecule has 0 rings (SSSR count). The van der Waals surface area contributed by atoms with E-state index in [2.05, 4.69) is 89.7 Å². The average molecular weight is 455 g/mol. The predicted octanol–water partition coefficient (Wildman–Crippen LogP) is 5.83. The summed E-state index contributed by atoms with van der Waals surface area (Å²) in [6, 6.07) is 0. The van der Waals surface area contributed by atoms with Crippen LogP contribution in [-0.4, -0.2) is 34.0 Å². The topological polar surface area (TPSA) is 136 Å². The molecule has 0 unspecified atom stereocenters. The van der Waals surface area contributed by atoms with E-state index in [4.69, 9.17) is 11.5 Å². The average Bonchev–Trinajstić information content (AvgIpc) is 2.47. The van der Waals surface area contributed by atoms with Gasteiger partial charge in [-0.3, -0.25) is 9.59 Å². The number of nitrogens with two attached hydrogens (primary N) is 2. The van der Waals surface area contributed by atoms with E-state index in [0.29, 0.717) is 0 Å². The Balaban J connectivity index is 0. The fourth-order valence-corrected chi connectivity index (χ4v) is 3.29. The van der Waals surface area contributed by atoms with Gasteiger partial charge in [0.2, 0.25) is 11.8 Å². The molecule has 0 saturated heterocycles. The van der Waals surface area contributed by atoms with Gasteiger partial charge in [-0.25, -0.2) is 0 Å². The van der Waals surface area contributed by atoms with Crippen LogP contribution >= 0.6 is 0 Å². The van der Waals surface area contributed by atoms with Gasteiger partial charge in [0.25, 0.3) is 0 Å². The van der Waals surface area contributed by atoms with Gasteiger partial charge in [0.15, 0.2) is 11.1 Å². The highest BCUT2D eigenvalue weighted by atomic mass is 16.2. The third-order valence-corrected chi connectivity index (χ3v) is 4.27. The molecule has 0 saturated carbocycles. The summed E-state index contributed by atoms with van der Waals surface area (Å²) in [6.45, 7) is 28.3. The van der Waals surface area contributed by atoms with Crippen LogP contribution in [0.25, 0.3) is 0 Å². The van der Waals surface area contributed by atoms with Crippen molar-refractivity contribution in [3.63, 3.8) is 0 Å². The van der Waals surface area contributed by atoms with Crippen molar-refractivity contribution in [1.29, 1.82) is 0 Å². The monoisotopic (exact) mass is 454 g/mol. The van der Waals surface area contributed by atoms with Crippen LogP contribution < -0.4 is 11.5 Å². The maximum Gasteiger partial charge on any atom is 0.246 e. The molecule has 0 fully saturated rings. The molecule has 0 atom stereocenters. The van der Waals surface area contributed by atoms with Crippen LogP contribution in [0.1, 0.15) is 110 Å². The molecule has 8 heteroatoms. The molecule has 4 N–H and O–H groups in total. The Hall–Kier alpha value is -1.86. The number of rotatable bonds is 8.